The smallest absolute Gasteiger partial charge is 0.250 e. The van der Waals surface area contributed by atoms with Crippen molar-refractivity contribution < 1.29 is 4.42 Å². The van der Waals surface area contributed by atoms with Crippen molar-refractivity contribution in [2.75, 3.05) is 0 Å². The molecule has 0 N–H and O–H groups in total. The summed E-state index contributed by atoms with van der Waals surface area (Å²) >= 11 is 0. The molecule has 0 aliphatic carbocycles. The van der Waals surface area contributed by atoms with E-state index < -0.39 is 0 Å². The number of hydrogen-bond donors (Lipinski definition) is 0. The van der Waals surface area contributed by atoms with E-state index in [9.17, 15) is 0 Å². The second-order valence-electron chi connectivity index (χ2n) is 16.6. The molecule has 8 aromatic carbocycles. The normalized spacial score (nSPS) is 11.6. The van der Waals surface area contributed by atoms with Crippen molar-refractivity contribution in [1.29, 1.82) is 0 Å². The highest BCUT2D eigenvalue weighted by Crippen LogP contribution is 2.41. The van der Waals surface area contributed by atoms with Gasteiger partial charge in [-0.05, 0) is 65.7 Å². The molecule has 13 aromatic rings. The lowest BCUT2D eigenvalue weighted by atomic mass is 10.0. The van der Waals surface area contributed by atoms with E-state index >= 15 is 0 Å². The molecule has 5 aromatic heterocycles. The minimum atomic E-state index is 0.411. The lowest BCUT2D eigenvalue weighted by Crippen LogP contribution is -2.03. The molecule has 8 nitrogen and oxygen atoms in total. The van der Waals surface area contributed by atoms with Crippen LogP contribution in [0.15, 0.2) is 229 Å². The predicted octanol–water partition coefficient (Wildman–Crippen LogP) is 14.5. The molecule has 0 radical (unpaired) electrons. The third kappa shape index (κ3) is 6.58. The summed E-state index contributed by atoms with van der Waals surface area (Å²) in [6.07, 6.45) is 0. The van der Waals surface area contributed by atoms with Gasteiger partial charge in [0.15, 0.2) is 0 Å². The highest BCUT2D eigenvalue weighted by atomic mass is 16.4. The molecule has 0 spiro atoms. The average Bonchev–Trinajstić information content (AvgIpc) is 4.13. The number of pyridine rings is 1. The molecule has 67 heavy (non-hydrogen) atoms. The van der Waals surface area contributed by atoms with Crippen LogP contribution < -0.4 is 0 Å². The second-order valence-corrected chi connectivity index (χ2v) is 16.6. The molecule has 314 valence electrons. The lowest BCUT2D eigenvalue weighted by Gasteiger charge is -2.14. The molecule has 0 bridgehead atoms. The quantitative estimate of drug-likeness (QED) is 0.151. The zero-order valence-electron chi connectivity index (χ0n) is 35.9. The average molecular weight is 860 g/mol. The SMILES string of the molecule is c1ccc(-c2cc(-c3ccccc3)nc(-n3c4ccccc4c4cccc(-c5nnc(-c6ccc7c(c6)c6ccccc6n7-c6nc(-c7ccccc7)cc(-c7ccccc7)n6)o5)c43)c2)cc1. The van der Waals surface area contributed by atoms with Gasteiger partial charge in [-0.15, -0.1) is 10.2 Å². The number of para-hydroxylation sites is 3. The summed E-state index contributed by atoms with van der Waals surface area (Å²) in [5.74, 6) is 2.20. The first-order chi connectivity index (χ1) is 33.2. The summed E-state index contributed by atoms with van der Waals surface area (Å²) in [5, 5.41) is 13.7. The highest BCUT2D eigenvalue weighted by molar-refractivity contribution is 6.13. The Morgan fingerprint density at radius 2 is 0.821 bits per heavy atom. The Hall–Kier alpha value is -9.27. The molecule has 0 amide bonds. The zero-order chi connectivity index (χ0) is 44.3. The maximum absolute atomic E-state index is 6.73. The van der Waals surface area contributed by atoms with Crippen molar-refractivity contribution in [2.45, 2.75) is 0 Å². The molecule has 0 aliphatic heterocycles. The number of fused-ring (bicyclic) bond motifs is 6. The first kappa shape index (κ1) is 38.2. The van der Waals surface area contributed by atoms with Crippen molar-refractivity contribution in [2.24, 2.45) is 0 Å². The van der Waals surface area contributed by atoms with Crippen molar-refractivity contribution in [3.63, 3.8) is 0 Å². The minimum Gasteiger partial charge on any atom is -0.416 e. The third-order valence-electron chi connectivity index (χ3n) is 12.5. The second kappa shape index (κ2) is 15.8. The fourth-order valence-corrected chi connectivity index (χ4v) is 9.43. The van der Waals surface area contributed by atoms with Gasteiger partial charge in [0, 0.05) is 43.8 Å². The minimum absolute atomic E-state index is 0.411. The number of hydrogen-bond acceptors (Lipinski definition) is 6. The van der Waals surface area contributed by atoms with Crippen LogP contribution in [0.4, 0.5) is 0 Å². The largest absolute Gasteiger partial charge is 0.416 e. The van der Waals surface area contributed by atoms with Crippen LogP contribution in [-0.4, -0.2) is 34.3 Å². The van der Waals surface area contributed by atoms with Crippen LogP contribution in [0.3, 0.4) is 0 Å². The Bertz CT molecular complexity index is 3860. The summed E-state index contributed by atoms with van der Waals surface area (Å²) in [5.41, 5.74) is 13.3. The van der Waals surface area contributed by atoms with E-state index in [-0.39, 0.29) is 0 Å². The van der Waals surface area contributed by atoms with Gasteiger partial charge in [0.1, 0.15) is 5.82 Å². The van der Waals surface area contributed by atoms with Crippen LogP contribution in [0.2, 0.25) is 0 Å². The van der Waals surface area contributed by atoms with Crippen molar-refractivity contribution in [3.05, 3.63) is 224 Å². The van der Waals surface area contributed by atoms with Gasteiger partial charge in [-0.3, -0.25) is 9.13 Å². The molecule has 0 atom stereocenters. The summed E-state index contributed by atoms with van der Waals surface area (Å²) in [6, 6.07) is 77.1. The van der Waals surface area contributed by atoms with Gasteiger partial charge in [0.25, 0.3) is 0 Å². The monoisotopic (exact) mass is 859 g/mol. The van der Waals surface area contributed by atoms with Crippen molar-refractivity contribution in [1.82, 2.24) is 34.3 Å². The number of rotatable bonds is 8. The molecular weight excluding hydrogens is 823 g/mol. The van der Waals surface area contributed by atoms with E-state index in [1.807, 2.05) is 66.7 Å². The van der Waals surface area contributed by atoms with E-state index in [1.54, 1.807) is 0 Å². The van der Waals surface area contributed by atoms with Crippen LogP contribution in [0.25, 0.3) is 123 Å². The Morgan fingerprint density at radius 1 is 0.313 bits per heavy atom. The van der Waals surface area contributed by atoms with Gasteiger partial charge < -0.3 is 4.42 Å². The van der Waals surface area contributed by atoms with Gasteiger partial charge in [0.2, 0.25) is 17.7 Å². The maximum atomic E-state index is 6.73. The molecule has 8 heteroatoms. The summed E-state index contributed by atoms with van der Waals surface area (Å²) in [6.45, 7) is 0. The van der Waals surface area contributed by atoms with Crippen LogP contribution in [-0.2, 0) is 0 Å². The van der Waals surface area contributed by atoms with Gasteiger partial charge in [-0.2, -0.15) is 0 Å². The number of aromatic nitrogens is 7. The lowest BCUT2D eigenvalue weighted by molar-refractivity contribution is 0.585. The molecule has 0 aliphatic rings. The summed E-state index contributed by atoms with van der Waals surface area (Å²) in [4.78, 5) is 15.8. The van der Waals surface area contributed by atoms with Gasteiger partial charge in [-0.25, -0.2) is 15.0 Å². The standard InChI is InChI=1S/C59H37N7O/c1-5-18-38(19-6-1)43-35-49(39-20-7-2-8-21-39)60-55(36-43)66-53-31-16-13-26-44(53)46-28-17-29-47(56(46)66)58-64-63-57(67-58)42-32-33-54-48(34-42)45-27-14-15-30-52(45)65(54)59-61-50(40-22-9-3-10-23-40)37-51(62-59)41-24-11-4-12-25-41/h1-37H. The summed E-state index contributed by atoms with van der Waals surface area (Å²) in [7, 11) is 0. The van der Waals surface area contributed by atoms with E-state index in [2.05, 4.69) is 167 Å². The Balaban J connectivity index is 0.962. The van der Waals surface area contributed by atoms with Crippen LogP contribution in [0.5, 0.6) is 0 Å². The Kier molecular flexibility index (Phi) is 8.99. The van der Waals surface area contributed by atoms with Crippen LogP contribution in [0.1, 0.15) is 0 Å². The fraction of sp³-hybridized carbons (Fsp3) is 0. The molecule has 5 heterocycles. The molecule has 0 saturated carbocycles. The molecule has 0 fully saturated rings. The topological polar surface area (TPSA) is 87.5 Å². The van der Waals surface area contributed by atoms with Gasteiger partial charge >= 0.3 is 0 Å². The van der Waals surface area contributed by atoms with Crippen LogP contribution in [0, 0.1) is 0 Å². The van der Waals surface area contributed by atoms with Gasteiger partial charge in [-0.1, -0.05) is 170 Å². The Labute approximate surface area is 384 Å². The molecule has 0 unspecified atom stereocenters. The fourth-order valence-electron chi connectivity index (χ4n) is 9.43. The molecule has 13 rings (SSSR count). The highest BCUT2D eigenvalue weighted by Gasteiger charge is 2.23. The van der Waals surface area contributed by atoms with Crippen LogP contribution >= 0.6 is 0 Å². The zero-order valence-corrected chi connectivity index (χ0v) is 35.9. The van der Waals surface area contributed by atoms with E-state index in [0.29, 0.717) is 17.7 Å². The Morgan fingerprint density at radius 3 is 1.46 bits per heavy atom. The molecular formula is C59H37N7O. The van der Waals surface area contributed by atoms with Crippen molar-refractivity contribution in [3.8, 4) is 79.6 Å². The van der Waals surface area contributed by atoms with E-state index in [4.69, 9.17) is 29.6 Å². The number of nitrogens with zero attached hydrogens (tertiary/aromatic N) is 7. The predicted molar refractivity (Wildman–Crippen MR) is 269 cm³/mol. The van der Waals surface area contributed by atoms with Gasteiger partial charge in [0.05, 0.1) is 44.7 Å². The maximum Gasteiger partial charge on any atom is 0.250 e. The van der Waals surface area contributed by atoms with E-state index in [1.165, 1.54) is 0 Å². The first-order valence-electron chi connectivity index (χ1n) is 22.3. The third-order valence-corrected chi connectivity index (χ3v) is 12.5. The first-order valence-corrected chi connectivity index (χ1v) is 22.3. The number of benzene rings is 8. The van der Waals surface area contributed by atoms with Crippen molar-refractivity contribution >= 4 is 43.6 Å². The molecule has 0 saturated heterocycles. The van der Waals surface area contributed by atoms with E-state index in [0.717, 1.165) is 105 Å². The summed E-state index contributed by atoms with van der Waals surface area (Å²) < 4.78 is 11.1.